The summed E-state index contributed by atoms with van der Waals surface area (Å²) >= 11 is 0. The van der Waals surface area contributed by atoms with Crippen molar-refractivity contribution in [2.75, 3.05) is 13.2 Å². The van der Waals surface area contributed by atoms with Gasteiger partial charge in [-0.25, -0.2) is 4.39 Å². The average molecular weight is 293 g/mol. The lowest BCUT2D eigenvalue weighted by Gasteiger charge is -2.23. The summed E-state index contributed by atoms with van der Waals surface area (Å²) in [5.41, 5.74) is 1.01. The van der Waals surface area contributed by atoms with Crippen molar-refractivity contribution >= 4 is 11.7 Å². The molecule has 1 atom stereocenters. The Hall–Kier alpha value is -1.75. The molecule has 1 saturated heterocycles. The molecular formula is C16H20FNO3. The first-order valence-electron chi connectivity index (χ1n) is 7.19. The van der Waals surface area contributed by atoms with Crippen molar-refractivity contribution in [3.63, 3.8) is 0 Å². The number of hydrogen-bond donors (Lipinski definition) is 1. The third kappa shape index (κ3) is 3.29. The molecule has 1 N–H and O–H groups in total. The van der Waals surface area contributed by atoms with Crippen LogP contribution in [0.4, 0.5) is 4.39 Å². The molecule has 1 unspecified atom stereocenters. The number of amides is 1. The first-order valence-corrected chi connectivity index (χ1v) is 7.19. The molecule has 114 valence electrons. The molecule has 1 aliphatic rings. The number of halogens is 1. The van der Waals surface area contributed by atoms with E-state index in [1.807, 2.05) is 13.8 Å². The number of Topliss-reactive ketones (excluding diaryl/α,β-unsaturated/α-hetero) is 1. The highest BCUT2D eigenvalue weighted by Crippen LogP contribution is 2.23. The van der Waals surface area contributed by atoms with Gasteiger partial charge in [0.1, 0.15) is 12.4 Å². The molecule has 4 nitrogen and oxygen atoms in total. The fourth-order valence-electron chi connectivity index (χ4n) is 2.68. The Labute approximate surface area is 123 Å². The minimum absolute atomic E-state index is 0.112. The van der Waals surface area contributed by atoms with Gasteiger partial charge < -0.3 is 10.0 Å². The van der Waals surface area contributed by atoms with E-state index in [2.05, 4.69) is 0 Å². The zero-order valence-electron chi connectivity index (χ0n) is 12.3. The van der Waals surface area contributed by atoms with Crippen LogP contribution in [0.1, 0.15) is 48.5 Å². The lowest BCUT2D eigenvalue weighted by Crippen LogP contribution is -2.41. The highest BCUT2D eigenvalue weighted by molar-refractivity contribution is 5.98. The fourth-order valence-corrected chi connectivity index (χ4v) is 2.68. The number of carbonyl (C=O) groups excluding carboxylic acids is 2. The summed E-state index contributed by atoms with van der Waals surface area (Å²) in [4.78, 5) is 25.7. The van der Waals surface area contributed by atoms with E-state index in [4.69, 9.17) is 5.11 Å². The number of rotatable bonds is 4. The van der Waals surface area contributed by atoms with Crippen LogP contribution >= 0.6 is 0 Å². The molecule has 1 fully saturated rings. The lowest BCUT2D eigenvalue weighted by molar-refractivity contribution is -0.125. The second kappa shape index (κ2) is 6.35. The minimum Gasteiger partial charge on any atom is -0.389 e. The minimum atomic E-state index is -0.590. The van der Waals surface area contributed by atoms with E-state index in [-0.39, 0.29) is 23.2 Å². The number of benzene rings is 1. The van der Waals surface area contributed by atoms with Gasteiger partial charge in [0, 0.05) is 12.1 Å². The number of nitrogens with zero attached hydrogens (tertiary/aromatic N) is 1. The molecule has 2 rings (SSSR count). The van der Waals surface area contributed by atoms with Crippen LogP contribution in [0.5, 0.6) is 0 Å². The van der Waals surface area contributed by atoms with Crippen LogP contribution in [0.2, 0.25) is 0 Å². The summed E-state index contributed by atoms with van der Waals surface area (Å²) in [5, 5.41) is 8.98. The van der Waals surface area contributed by atoms with Crippen molar-refractivity contribution in [3.05, 3.63) is 35.1 Å². The Morgan fingerprint density at radius 1 is 1.38 bits per heavy atom. The summed E-state index contributed by atoms with van der Waals surface area (Å²) in [6.45, 7) is 3.74. The summed E-state index contributed by atoms with van der Waals surface area (Å²) in [6, 6.07) is 3.71. The number of likely N-dealkylation sites (tertiary alicyclic amines) is 1. The zero-order valence-corrected chi connectivity index (χ0v) is 12.3. The third-order valence-corrected chi connectivity index (χ3v) is 3.87. The summed E-state index contributed by atoms with van der Waals surface area (Å²) in [5.74, 6) is -1.04. The van der Waals surface area contributed by atoms with Crippen molar-refractivity contribution in [3.8, 4) is 0 Å². The van der Waals surface area contributed by atoms with Crippen molar-refractivity contribution in [2.45, 2.75) is 38.6 Å². The first-order chi connectivity index (χ1) is 9.93. The van der Waals surface area contributed by atoms with E-state index < -0.39 is 18.5 Å². The number of aliphatic hydroxyl groups excluding tert-OH is 1. The highest BCUT2D eigenvalue weighted by atomic mass is 19.1. The predicted octanol–water partition coefficient (Wildman–Crippen LogP) is 2.12. The molecule has 5 heteroatoms. The Morgan fingerprint density at radius 2 is 2.10 bits per heavy atom. The Morgan fingerprint density at radius 3 is 2.71 bits per heavy atom. The first kappa shape index (κ1) is 15.6. The maximum absolute atomic E-state index is 13.7. The maximum atomic E-state index is 13.7. The smallest absolute Gasteiger partial charge is 0.254 e. The van der Waals surface area contributed by atoms with E-state index in [9.17, 15) is 14.0 Å². The van der Waals surface area contributed by atoms with Crippen LogP contribution in [0.3, 0.4) is 0 Å². The normalized spacial score (nSPS) is 18.3. The number of aliphatic hydroxyl groups is 1. The molecule has 0 spiro atoms. The van der Waals surface area contributed by atoms with Gasteiger partial charge in [-0.05, 0) is 42.5 Å². The molecule has 1 amide bonds. The van der Waals surface area contributed by atoms with Crippen molar-refractivity contribution in [2.24, 2.45) is 0 Å². The predicted molar refractivity (Wildman–Crippen MR) is 76.6 cm³/mol. The molecule has 0 aliphatic carbocycles. The monoisotopic (exact) mass is 293 g/mol. The number of ketones is 1. The molecule has 1 aromatic rings. The van der Waals surface area contributed by atoms with Crippen LogP contribution in [0.25, 0.3) is 0 Å². The van der Waals surface area contributed by atoms with E-state index in [0.29, 0.717) is 19.4 Å². The van der Waals surface area contributed by atoms with Gasteiger partial charge in [0.2, 0.25) is 0 Å². The van der Waals surface area contributed by atoms with Gasteiger partial charge in [-0.15, -0.1) is 0 Å². The van der Waals surface area contributed by atoms with Crippen LogP contribution in [0, 0.1) is 5.82 Å². The molecule has 21 heavy (non-hydrogen) atoms. The molecule has 1 aromatic carbocycles. The van der Waals surface area contributed by atoms with Gasteiger partial charge in [-0.2, -0.15) is 0 Å². The Kier molecular flexibility index (Phi) is 4.73. The van der Waals surface area contributed by atoms with E-state index in [1.165, 1.54) is 17.0 Å². The summed E-state index contributed by atoms with van der Waals surface area (Å²) in [6.07, 6.45) is 1.27. The van der Waals surface area contributed by atoms with E-state index in [1.54, 1.807) is 6.07 Å². The zero-order chi connectivity index (χ0) is 15.6. The topological polar surface area (TPSA) is 57.6 Å². The second-order valence-electron chi connectivity index (χ2n) is 5.71. The van der Waals surface area contributed by atoms with Gasteiger partial charge in [0.15, 0.2) is 5.78 Å². The maximum Gasteiger partial charge on any atom is 0.254 e. The quantitative estimate of drug-likeness (QED) is 0.925. The number of carbonyl (C=O) groups is 2. The van der Waals surface area contributed by atoms with Gasteiger partial charge in [0.25, 0.3) is 5.91 Å². The van der Waals surface area contributed by atoms with Gasteiger partial charge in [-0.1, -0.05) is 13.8 Å². The van der Waals surface area contributed by atoms with Crippen LogP contribution < -0.4 is 0 Å². The van der Waals surface area contributed by atoms with E-state index in [0.717, 1.165) is 5.56 Å². The van der Waals surface area contributed by atoms with Crippen molar-refractivity contribution < 1.29 is 19.1 Å². The fraction of sp³-hybridized carbons (Fsp3) is 0.500. The van der Waals surface area contributed by atoms with Gasteiger partial charge in [-0.3, -0.25) is 9.59 Å². The molecule has 1 heterocycles. The van der Waals surface area contributed by atoms with E-state index >= 15 is 0 Å². The highest BCUT2D eigenvalue weighted by Gasteiger charge is 2.34. The Balaban J connectivity index is 2.29. The average Bonchev–Trinajstić information content (AvgIpc) is 2.94. The molecule has 0 bridgehead atoms. The third-order valence-electron chi connectivity index (χ3n) is 3.87. The molecule has 0 aromatic heterocycles. The SMILES string of the molecule is CC(C)c1cc(F)cc(C(=O)N2CCCC2C(=O)CO)c1. The summed E-state index contributed by atoms with van der Waals surface area (Å²) < 4.78 is 13.7. The van der Waals surface area contributed by atoms with Crippen LogP contribution in [-0.4, -0.2) is 40.9 Å². The number of hydrogen-bond acceptors (Lipinski definition) is 3. The molecule has 0 radical (unpaired) electrons. The molecule has 0 saturated carbocycles. The van der Waals surface area contributed by atoms with Crippen LogP contribution in [-0.2, 0) is 4.79 Å². The molecular weight excluding hydrogens is 273 g/mol. The lowest BCUT2D eigenvalue weighted by atomic mass is 10.00. The second-order valence-corrected chi connectivity index (χ2v) is 5.71. The van der Waals surface area contributed by atoms with Crippen molar-refractivity contribution in [1.29, 1.82) is 0 Å². The van der Waals surface area contributed by atoms with Crippen LogP contribution in [0.15, 0.2) is 18.2 Å². The molecule has 1 aliphatic heterocycles. The van der Waals surface area contributed by atoms with Gasteiger partial charge >= 0.3 is 0 Å². The summed E-state index contributed by atoms with van der Waals surface area (Å²) in [7, 11) is 0. The van der Waals surface area contributed by atoms with Crippen molar-refractivity contribution in [1.82, 2.24) is 4.90 Å². The largest absolute Gasteiger partial charge is 0.389 e. The Bertz CT molecular complexity index is 556. The standard InChI is InChI=1S/C16H20FNO3/c1-10(2)11-6-12(8-13(17)7-11)16(21)18-5-3-4-14(18)15(20)9-19/h6-8,10,14,19H,3-5,9H2,1-2H3. The van der Waals surface area contributed by atoms with Gasteiger partial charge in [0.05, 0.1) is 6.04 Å².